The number of aliphatic hydroxyl groups is 2. The molecule has 0 heterocycles. The molecular formula is C11H24O6SSi. The summed E-state index contributed by atoms with van der Waals surface area (Å²) < 4.78 is 15.6. The molecular weight excluding hydrogens is 288 g/mol. The fraction of sp³-hybridized carbons (Fsp3) is 0.909. The second-order valence-electron chi connectivity index (χ2n) is 4.42. The summed E-state index contributed by atoms with van der Waals surface area (Å²) in [5.41, 5.74) is 0. The van der Waals surface area contributed by atoms with E-state index in [0.29, 0.717) is 11.5 Å². The summed E-state index contributed by atoms with van der Waals surface area (Å²) in [6.07, 6.45) is -0.585. The number of ether oxygens (including phenoxy) is 1. The van der Waals surface area contributed by atoms with Gasteiger partial charge in [0.05, 0.1) is 18.6 Å². The first kappa shape index (κ1) is 18.9. The maximum Gasteiger partial charge on any atom is 0.373 e. The van der Waals surface area contributed by atoms with Gasteiger partial charge in [0.1, 0.15) is 6.23 Å². The average Bonchev–Trinajstić information content (AvgIpc) is 2.43. The van der Waals surface area contributed by atoms with Crippen LogP contribution in [-0.4, -0.2) is 69.4 Å². The number of rotatable bonds is 10. The highest BCUT2D eigenvalue weighted by Crippen LogP contribution is 2.13. The standard InChI is InChI=1S/C11H24O6SSi/c1-9(6-18-7-10(13)5-12)11(14)17-8-19(4,15-2)16-3/h9-10,12-13H,5-8H2,1-4H3. The Hall–Kier alpha value is -0.123. The molecule has 0 amide bonds. The summed E-state index contributed by atoms with van der Waals surface area (Å²) >= 11 is 1.41. The van der Waals surface area contributed by atoms with Crippen molar-refractivity contribution in [2.45, 2.75) is 19.6 Å². The van der Waals surface area contributed by atoms with E-state index in [0.717, 1.165) is 0 Å². The van der Waals surface area contributed by atoms with E-state index in [1.165, 1.54) is 11.8 Å². The molecule has 0 aliphatic rings. The molecule has 0 rings (SSSR count). The van der Waals surface area contributed by atoms with Crippen molar-refractivity contribution < 1.29 is 28.6 Å². The molecule has 0 aromatic carbocycles. The average molecular weight is 312 g/mol. The van der Waals surface area contributed by atoms with E-state index in [-0.39, 0.29) is 24.7 Å². The monoisotopic (exact) mass is 312 g/mol. The minimum absolute atomic E-state index is 0.160. The van der Waals surface area contributed by atoms with Crippen LogP contribution in [0.3, 0.4) is 0 Å². The number of hydrogen-bond donors (Lipinski definition) is 2. The Balaban J connectivity index is 3.94. The number of carbonyl (C=O) groups is 1. The van der Waals surface area contributed by atoms with Crippen LogP contribution in [0.4, 0.5) is 0 Å². The van der Waals surface area contributed by atoms with Gasteiger partial charge in [0.2, 0.25) is 0 Å². The Morgan fingerprint density at radius 3 is 2.37 bits per heavy atom. The fourth-order valence-electron chi connectivity index (χ4n) is 1.05. The van der Waals surface area contributed by atoms with Crippen LogP contribution < -0.4 is 0 Å². The van der Waals surface area contributed by atoms with Gasteiger partial charge in [0, 0.05) is 25.7 Å². The smallest absolute Gasteiger partial charge is 0.373 e. The van der Waals surface area contributed by atoms with Crippen LogP contribution in [0.15, 0.2) is 0 Å². The van der Waals surface area contributed by atoms with Gasteiger partial charge in [0.15, 0.2) is 0 Å². The Morgan fingerprint density at radius 1 is 1.32 bits per heavy atom. The molecule has 0 bridgehead atoms. The summed E-state index contributed by atoms with van der Waals surface area (Å²) in [6, 6.07) is 0. The van der Waals surface area contributed by atoms with Crippen molar-refractivity contribution in [3.05, 3.63) is 0 Å². The molecule has 114 valence electrons. The summed E-state index contributed by atoms with van der Waals surface area (Å²) in [5, 5.41) is 17.8. The SMILES string of the molecule is CO[Si](C)(COC(=O)C(C)CSCC(O)CO)OC. The molecule has 0 spiro atoms. The summed E-state index contributed by atoms with van der Waals surface area (Å²) in [5.74, 6) is 0.354. The van der Waals surface area contributed by atoms with Gasteiger partial charge in [-0.1, -0.05) is 6.92 Å². The Morgan fingerprint density at radius 2 is 1.89 bits per heavy atom. The lowest BCUT2D eigenvalue weighted by Gasteiger charge is -2.23. The number of carbonyl (C=O) groups excluding carboxylic acids is 1. The van der Waals surface area contributed by atoms with E-state index in [4.69, 9.17) is 23.8 Å². The summed E-state index contributed by atoms with van der Waals surface area (Å²) in [4.78, 5) is 11.7. The predicted octanol–water partition coefficient (Wildman–Crippen LogP) is 0.156. The molecule has 0 aromatic heterocycles. The molecule has 0 aliphatic heterocycles. The molecule has 19 heavy (non-hydrogen) atoms. The van der Waals surface area contributed by atoms with Crippen LogP contribution >= 0.6 is 11.8 Å². The van der Waals surface area contributed by atoms with Gasteiger partial charge in [-0.15, -0.1) is 0 Å². The zero-order valence-corrected chi connectivity index (χ0v) is 13.7. The lowest BCUT2D eigenvalue weighted by molar-refractivity contribution is -0.146. The van der Waals surface area contributed by atoms with Crippen molar-refractivity contribution in [2.75, 3.05) is 38.6 Å². The normalized spacial score (nSPS) is 15.1. The predicted molar refractivity (Wildman–Crippen MR) is 76.2 cm³/mol. The maximum atomic E-state index is 11.7. The van der Waals surface area contributed by atoms with Gasteiger partial charge in [-0.3, -0.25) is 4.79 Å². The molecule has 0 aliphatic carbocycles. The molecule has 2 unspecified atom stereocenters. The first-order valence-corrected chi connectivity index (χ1v) is 9.70. The number of hydrogen-bond acceptors (Lipinski definition) is 7. The zero-order chi connectivity index (χ0) is 14.9. The van der Waals surface area contributed by atoms with E-state index in [1.54, 1.807) is 21.1 Å². The van der Waals surface area contributed by atoms with Crippen molar-refractivity contribution in [3.63, 3.8) is 0 Å². The third-order valence-electron chi connectivity index (χ3n) is 2.63. The molecule has 8 heteroatoms. The molecule has 0 saturated carbocycles. The molecule has 0 radical (unpaired) electrons. The van der Waals surface area contributed by atoms with Gasteiger partial charge >= 0.3 is 14.5 Å². The Kier molecular flexibility index (Phi) is 9.67. The second-order valence-corrected chi connectivity index (χ2v) is 8.87. The number of aliphatic hydroxyl groups excluding tert-OH is 2. The highest BCUT2D eigenvalue weighted by Gasteiger charge is 2.31. The minimum atomic E-state index is -2.38. The minimum Gasteiger partial charge on any atom is -0.464 e. The van der Waals surface area contributed by atoms with Gasteiger partial charge in [-0.05, 0) is 6.55 Å². The van der Waals surface area contributed by atoms with Crippen LogP contribution in [0.25, 0.3) is 0 Å². The first-order chi connectivity index (χ1) is 8.88. The quantitative estimate of drug-likeness (QED) is 0.439. The summed E-state index contributed by atoms with van der Waals surface area (Å²) in [7, 11) is 0.698. The molecule has 0 aromatic rings. The third-order valence-corrected chi connectivity index (χ3v) is 6.38. The van der Waals surface area contributed by atoms with Crippen LogP contribution in [0.1, 0.15) is 6.92 Å². The van der Waals surface area contributed by atoms with E-state index in [2.05, 4.69) is 0 Å². The molecule has 0 saturated heterocycles. The summed E-state index contributed by atoms with van der Waals surface area (Å²) in [6.45, 7) is 3.31. The third kappa shape index (κ3) is 7.90. The number of esters is 1. The van der Waals surface area contributed by atoms with E-state index in [9.17, 15) is 4.79 Å². The van der Waals surface area contributed by atoms with Crippen LogP contribution in [0, 0.1) is 5.92 Å². The zero-order valence-electron chi connectivity index (χ0n) is 11.9. The van der Waals surface area contributed by atoms with Gasteiger partial charge < -0.3 is 23.8 Å². The van der Waals surface area contributed by atoms with Gasteiger partial charge in [-0.2, -0.15) is 11.8 Å². The van der Waals surface area contributed by atoms with Gasteiger partial charge in [0.25, 0.3) is 0 Å². The lowest BCUT2D eigenvalue weighted by Crippen LogP contribution is -2.43. The first-order valence-electron chi connectivity index (χ1n) is 6.02. The van der Waals surface area contributed by atoms with Crippen molar-refractivity contribution >= 4 is 26.3 Å². The molecule has 2 N–H and O–H groups in total. The van der Waals surface area contributed by atoms with Crippen LogP contribution in [-0.2, 0) is 18.4 Å². The van der Waals surface area contributed by atoms with E-state index in [1.807, 2.05) is 6.55 Å². The maximum absolute atomic E-state index is 11.7. The highest BCUT2D eigenvalue weighted by molar-refractivity contribution is 7.99. The van der Waals surface area contributed by atoms with E-state index >= 15 is 0 Å². The lowest BCUT2D eigenvalue weighted by atomic mass is 10.2. The van der Waals surface area contributed by atoms with Crippen molar-refractivity contribution in [1.82, 2.24) is 0 Å². The molecule has 0 fully saturated rings. The van der Waals surface area contributed by atoms with Crippen molar-refractivity contribution in [3.8, 4) is 0 Å². The largest absolute Gasteiger partial charge is 0.464 e. The molecule has 2 atom stereocenters. The van der Waals surface area contributed by atoms with Crippen molar-refractivity contribution in [1.29, 1.82) is 0 Å². The highest BCUT2D eigenvalue weighted by atomic mass is 32.2. The van der Waals surface area contributed by atoms with Crippen LogP contribution in [0.2, 0.25) is 6.55 Å². The Labute approximate surface area is 119 Å². The Bertz CT molecular complexity index is 262. The topological polar surface area (TPSA) is 85.2 Å². The van der Waals surface area contributed by atoms with E-state index < -0.39 is 14.7 Å². The van der Waals surface area contributed by atoms with Crippen molar-refractivity contribution in [2.24, 2.45) is 5.92 Å². The second kappa shape index (κ2) is 9.73. The number of thioether (sulfide) groups is 1. The molecule has 6 nitrogen and oxygen atoms in total. The van der Waals surface area contributed by atoms with Crippen LogP contribution in [0.5, 0.6) is 0 Å². The van der Waals surface area contributed by atoms with Gasteiger partial charge in [-0.25, -0.2) is 0 Å². The fourth-order valence-corrected chi connectivity index (χ4v) is 2.86.